The van der Waals surface area contributed by atoms with E-state index in [1.54, 1.807) is 19.4 Å². The molecule has 9 heteroatoms. The van der Waals surface area contributed by atoms with Gasteiger partial charge in [0.25, 0.3) is 0 Å². The summed E-state index contributed by atoms with van der Waals surface area (Å²) in [6, 6.07) is 18.9. The highest BCUT2D eigenvalue weighted by Gasteiger charge is 2.42. The van der Waals surface area contributed by atoms with Gasteiger partial charge in [0.05, 0.1) is 40.6 Å². The molecule has 5 nitrogen and oxygen atoms in total. The van der Waals surface area contributed by atoms with Gasteiger partial charge in [0.2, 0.25) is 0 Å². The van der Waals surface area contributed by atoms with Crippen LogP contribution >= 0.6 is 47.0 Å². The number of pyridine rings is 1. The minimum absolute atomic E-state index is 0.186. The maximum absolute atomic E-state index is 6.61. The van der Waals surface area contributed by atoms with E-state index < -0.39 is 0 Å². The minimum atomic E-state index is -0.192. The number of halogens is 3. The molecule has 3 heterocycles. The Labute approximate surface area is 230 Å². The highest BCUT2D eigenvalue weighted by molar-refractivity contribution is 7.80. The molecule has 36 heavy (non-hydrogen) atoms. The van der Waals surface area contributed by atoms with Crippen molar-refractivity contribution in [2.75, 3.05) is 12.0 Å². The van der Waals surface area contributed by atoms with Gasteiger partial charge < -0.3 is 19.5 Å². The Morgan fingerprint density at radius 3 is 2.44 bits per heavy atom. The van der Waals surface area contributed by atoms with Crippen molar-refractivity contribution in [1.29, 1.82) is 0 Å². The Morgan fingerprint density at radius 2 is 1.78 bits per heavy atom. The number of nitrogens with zero attached hydrogens (tertiary/aromatic N) is 3. The standard InChI is InChI=1S/C27H23Cl3N4OS/c1-15-12-19(16(2)33(15)23-9-7-17(28)13-20(23)29)26-25(22-6-4-5-11-31-22)32-27(36)34(26)18-8-10-24(35-3)21(30)14-18/h4-14,25-26H,1-3H3,(H,32,36)/t25-,26-/m0/s1. The summed E-state index contributed by atoms with van der Waals surface area (Å²) < 4.78 is 7.51. The van der Waals surface area contributed by atoms with Gasteiger partial charge in [-0.15, -0.1) is 0 Å². The second-order valence-electron chi connectivity index (χ2n) is 8.57. The highest BCUT2D eigenvalue weighted by Crippen LogP contribution is 2.45. The van der Waals surface area contributed by atoms with E-state index in [4.69, 9.17) is 51.8 Å². The molecule has 0 radical (unpaired) electrons. The number of aromatic nitrogens is 2. The molecule has 0 bridgehead atoms. The Balaban J connectivity index is 1.69. The van der Waals surface area contributed by atoms with Crippen LogP contribution in [0, 0.1) is 13.8 Å². The summed E-state index contributed by atoms with van der Waals surface area (Å²) in [6.07, 6.45) is 1.79. The summed E-state index contributed by atoms with van der Waals surface area (Å²) in [7, 11) is 1.60. The van der Waals surface area contributed by atoms with E-state index in [1.165, 1.54) is 0 Å². The van der Waals surface area contributed by atoms with Gasteiger partial charge in [0, 0.05) is 28.3 Å². The first-order valence-electron chi connectivity index (χ1n) is 11.3. The molecule has 1 fully saturated rings. The largest absolute Gasteiger partial charge is 0.495 e. The minimum Gasteiger partial charge on any atom is -0.495 e. The third-order valence-electron chi connectivity index (χ3n) is 6.45. The van der Waals surface area contributed by atoms with Crippen molar-refractivity contribution in [2.45, 2.75) is 25.9 Å². The average molecular weight is 558 g/mol. The number of methoxy groups -OCH3 is 1. The molecule has 2 aromatic carbocycles. The van der Waals surface area contributed by atoms with E-state index >= 15 is 0 Å². The fourth-order valence-corrected chi connectivity index (χ4v) is 5.97. The lowest BCUT2D eigenvalue weighted by molar-refractivity contribution is 0.415. The van der Waals surface area contributed by atoms with Crippen LogP contribution in [0.4, 0.5) is 5.69 Å². The molecule has 4 aromatic rings. The predicted octanol–water partition coefficient (Wildman–Crippen LogP) is 7.64. The lowest BCUT2D eigenvalue weighted by Gasteiger charge is -2.28. The predicted molar refractivity (Wildman–Crippen MR) is 151 cm³/mol. The molecule has 0 saturated carbocycles. The SMILES string of the molecule is COc1ccc(N2C(=S)N[C@@H](c3ccccn3)[C@@H]2c2cc(C)n(-c3ccc(Cl)cc3Cl)c2C)cc1Cl. The van der Waals surface area contributed by atoms with Gasteiger partial charge in [-0.25, -0.2) is 0 Å². The fraction of sp³-hybridized carbons (Fsp3) is 0.185. The van der Waals surface area contributed by atoms with Crippen LogP contribution in [-0.2, 0) is 0 Å². The molecule has 1 aliphatic heterocycles. The molecule has 0 spiro atoms. The molecule has 5 rings (SSSR count). The van der Waals surface area contributed by atoms with Crippen LogP contribution in [0.1, 0.15) is 34.7 Å². The van der Waals surface area contributed by atoms with Gasteiger partial charge in [-0.1, -0.05) is 40.9 Å². The quantitative estimate of drug-likeness (QED) is 0.256. The molecule has 0 unspecified atom stereocenters. The number of hydrogen-bond donors (Lipinski definition) is 1. The molecule has 184 valence electrons. The normalized spacial score (nSPS) is 17.4. The summed E-state index contributed by atoms with van der Waals surface area (Å²) in [5, 5.41) is 5.77. The third-order valence-corrected chi connectivity index (χ3v) is 7.60. The van der Waals surface area contributed by atoms with Gasteiger partial charge in [-0.2, -0.15) is 0 Å². The van der Waals surface area contributed by atoms with Crippen LogP contribution in [0.5, 0.6) is 5.75 Å². The monoisotopic (exact) mass is 556 g/mol. The first-order chi connectivity index (χ1) is 17.3. The molecule has 0 aliphatic carbocycles. The van der Waals surface area contributed by atoms with E-state index in [1.807, 2.05) is 48.5 Å². The number of nitrogens with one attached hydrogen (secondary N) is 1. The lowest BCUT2D eigenvalue weighted by atomic mass is 9.96. The average Bonchev–Trinajstić information content (AvgIpc) is 3.35. The van der Waals surface area contributed by atoms with E-state index in [2.05, 4.69) is 39.7 Å². The zero-order chi connectivity index (χ0) is 25.6. The summed E-state index contributed by atoms with van der Waals surface area (Å²) >= 11 is 25.2. The van der Waals surface area contributed by atoms with Crippen LogP contribution in [0.15, 0.2) is 66.9 Å². The zero-order valence-electron chi connectivity index (χ0n) is 19.8. The molecule has 1 N–H and O–H groups in total. The van der Waals surface area contributed by atoms with Gasteiger partial charge in [-0.3, -0.25) is 4.98 Å². The van der Waals surface area contributed by atoms with Crippen molar-refractivity contribution in [2.24, 2.45) is 0 Å². The lowest BCUT2D eigenvalue weighted by Crippen LogP contribution is -2.29. The van der Waals surface area contributed by atoms with Crippen LogP contribution < -0.4 is 15.0 Å². The number of aryl methyl sites for hydroxylation is 1. The maximum Gasteiger partial charge on any atom is 0.174 e. The Kier molecular flexibility index (Phi) is 6.88. The van der Waals surface area contributed by atoms with Gasteiger partial charge in [-0.05, 0) is 86.2 Å². The number of hydrogen-bond acceptors (Lipinski definition) is 3. The fourth-order valence-electron chi connectivity index (χ4n) is 4.87. The van der Waals surface area contributed by atoms with Gasteiger partial charge >= 0.3 is 0 Å². The molecule has 1 aliphatic rings. The molecular weight excluding hydrogens is 535 g/mol. The van der Waals surface area contributed by atoms with Gasteiger partial charge in [0.15, 0.2) is 5.11 Å². The summed E-state index contributed by atoms with van der Waals surface area (Å²) in [5.74, 6) is 0.604. The second kappa shape index (κ2) is 9.94. The summed E-state index contributed by atoms with van der Waals surface area (Å²) in [5.41, 5.74) is 5.78. The Bertz CT molecular complexity index is 1460. The van der Waals surface area contributed by atoms with E-state index in [9.17, 15) is 0 Å². The molecule has 2 atom stereocenters. The number of benzene rings is 2. The molecule has 2 aromatic heterocycles. The van der Waals surface area contributed by atoms with Crippen LogP contribution in [0.2, 0.25) is 15.1 Å². The van der Waals surface area contributed by atoms with E-state index in [0.29, 0.717) is 25.9 Å². The third kappa shape index (κ3) is 4.33. The zero-order valence-corrected chi connectivity index (χ0v) is 22.9. The van der Waals surface area contributed by atoms with Crippen molar-refractivity contribution in [3.63, 3.8) is 0 Å². The van der Waals surface area contributed by atoms with Crippen LogP contribution in [0.25, 0.3) is 5.69 Å². The van der Waals surface area contributed by atoms with Crippen molar-refractivity contribution in [3.8, 4) is 11.4 Å². The Hall–Kier alpha value is -2.77. The van der Waals surface area contributed by atoms with Crippen LogP contribution in [-0.4, -0.2) is 21.8 Å². The highest BCUT2D eigenvalue weighted by atomic mass is 35.5. The number of thiocarbonyl (C=S) groups is 1. The van der Waals surface area contributed by atoms with E-state index in [-0.39, 0.29) is 12.1 Å². The number of ether oxygens (including phenoxy) is 1. The number of rotatable bonds is 5. The molecule has 0 amide bonds. The maximum atomic E-state index is 6.61. The van der Waals surface area contributed by atoms with Crippen molar-refractivity contribution >= 4 is 57.8 Å². The number of anilines is 1. The first-order valence-corrected chi connectivity index (χ1v) is 12.8. The summed E-state index contributed by atoms with van der Waals surface area (Å²) in [6.45, 7) is 4.15. The second-order valence-corrected chi connectivity index (χ2v) is 10.2. The summed E-state index contributed by atoms with van der Waals surface area (Å²) in [4.78, 5) is 6.74. The smallest absolute Gasteiger partial charge is 0.174 e. The Morgan fingerprint density at radius 1 is 0.972 bits per heavy atom. The topological polar surface area (TPSA) is 42.3 Å². The first kappa shape index (κ1) is 24.9. The molecular formula is C27H23Cl3N4OS. The van der Waals surface area contributed by atoms with Crippen molar-refractivity contribution in [1.82, 2.24) is 14.9 Å². The van der Waals surface area contributed by atoms with Crippen molar-refractivity contribution < 1.29 is 4.74 Å². The van der Waals surface area contributed by atoms with E-state index in [0.717, 1.165) is 34.0 Å². The van der Waals surface area contributed by atoms with Gasteiger partial charge in [0.1, 0.15) is 5.75 Å². The van der Waals surface area contributed by atoms with Crippen LogP contribution in [0.3, 0.4) is 0 Å². The van der Waals surface area contributed by atoms with Crippen molar-refractivity contribution in [3.05, 3.63) is 105 Å². The molecule has 1 saturated heterocycles.